The van der Waals surface area contributed by atoms with Gasteiger partial charge in [-0.05, 0) is 30.5 Å². The van der Waals surface area contributed by atoms with Crippen molar-refractivity contribution < 1.29 is 26.9 Å². The second kappa shape index (κ2) is 7.63. The van der Waals surface area contributed by atoms with E-state index >= 15 is 0 Å². The molecule has 27 heavy (non-hydrogen) atoms. The molecule has 1 aliphatic carbocycles. The number of nitrogens with two attached hydrogens (primary N) is 1. The fourth-order valence-corrected chi connectivity index (χ4v) is 2.89. The van der Waals surface area contributed by atoms with Gasteiger partial charge in [-0.25, -0.2) is 4.39 Å². The predicted molar refractivity (Wildman–Crippen MR) is 86.9 cm³/mol. The maximum atomic E-state index is 14.0. The molecule has 0 spiro atoms. The average molecular weight is 386 g/mol. The van der Waals surface area contributed by atoms with Crippen LogP contribution in [0.3, 0.4) is 0 Å². The second-order valence-corrected chi connectivity index (χ2v) is 6.62. The first-order valence-electron chi connectivity index (χ1n) is 8.37. The number of hydrogen-bond donors (Lipinski definition) is 2. The largest absolute Gasteiger partial charge is 0.396 e. The number of alkyl halides is 4. The topological polar surface area (TPSA) is 94.0 Å². The number of nitrogens with zero attached hydrogens (tertiary/aromatic N) is 2. The van der Waals surface area contributed by atoms with E-state index < -0.39 is 30.5 Å². The van der Waals surface area contributed by atoms with Crippen LogP contribution in [0, 0.1) is 5.92 Å². The normalized spacial score (nSPS) is 20.8. The number of carbonyl (C=O) groups excluding carboxylic acids is 1. The van der Waals surface area contributed by atoms with Crippen molar-refractivity contribution in [2.45, 2.75) is 44.2 Å². The van der Waals surface area contributed by atoms with E-state index in [1.54, 1.807) is 24.3 Å². The number of aromatic nitrogens is 2. The van der Waals surface area contributed by atoms with Crippen molar-refractivity contribution in [1.82, 2.24) is 15.5 Å². The molecular formula is C17H18F4N4O2. The molecule has 10 heteroatoms. The molecular weight excluding hydrogens is 368 g/mol. The van der Waals surface area contributed by atoms with Gasteiger partial charge in [-0.2, -0.15) is 18.2 Å². The lowest BCUT2D eigenvalue weighted by Gasteiger charge is -2.33. The Morgan fingerprint density at radius 1 is 1.37 bits per heavy atom. The maximum Gasteiger partial charge on any atom is 0.396 e. The highest BCUT2D eigenvalue weighted by Crippen LogP contribution is 2.30. The summed E-state index contributed by atoms with van der Waals surface area (Å²) in [6.07, 6.45) is -6.34. The molecule has 1 fully saturated rings. The van der Waals surface area contributed by atoms with Gasteiger partial charge in [0.2, 0.25) is 0 Å². The minimum Gasteiger partial charge on any atom is -0.349 e. The van der Waals surface area contributed by atoms with Gasteiger partial charge in [-0.3, -0.25) is 4.79 Å². The summed E-state index contributed by atoms with van der Waals surface area (Å²) in [6, 6.07) is 6.43. The van der Waals surface area contributed by atoms with Gasteiger partial charge in [0.05, 0.1) is 0 Å². The van der Waals surface area contributed by atoms with Crippen molar-refractivity contribution in [2.75, 3.05) is 0 Å². The van der Waals surface area contributed by atoms with Gasteiger partial charge in [0, 0.05) is 24.1 Å². The van der Waals surface area contributed by atoms with Gasteiger partial charge in [0.1, 0.15) is 6.42 Å². The molecule has 0 radical (unpaired) electrons. The minimum atomic E-state index is -4.43. The fraction of sp³-hybridized carbons (Fsp3) is 0.471. The lowest BCUT2D eigenvalue weighted by atomic mass is 9.77. The Labute approximate surface area is 152 Å². The molecule has 3 N–H and O–H groups in total. The lowest BCUT2D eigenvalue weighted by molar-refractivity contribution is -0.130. The van der Waals surface area contributed by atoms with E-state index in [-0.39, 0.29) is 24.4 Å². The molecule has 1 saturated carbocycles. The summed E-state index contributed by atoms with van der Waals surface area (Å²) < 4.78 is 56.0. The molecule has 3 rings (SSSR count). The first-order valence-corrected chi connectivity index (χ1v) is 8.37. The van der Waals surface area contributed by atoms with Crippen LogP contribution >= 0.6 is 0 Å². The molecule has 1 atom stereocenters. The third-order valence-electron chi connectivity index (χ3n) is 4.34. The van der Waals surface area contributed by atoms with Crippen LogP contribution in [0.5, 0.6) is 0 Å². The first kappa shape index (κ1) is 19.3. The van der Waals surface area contributed by atoms with Crippen molar-refractivity contribution in [3.8, 4) is 11.5 Å². The van der Waals surface area contributed by atoms with Crippen LogP contribution < -0.4 is 11.1 Å². The van der Waals surface area contributed by atoms with Crippen molar-refractivity contribution in [3.05, 3.63) is 35.7 Å². The lowest BCUT2D eigenvalue weighted by Crippen LogP contribution is -2.46. The van der Waals surface area contributed by atoms with Crippen LogP contribution in [-0.4, -0.2) is 34.4 Å². The molecule has 1 aromatic heterocycles. The number of nitrogens with one attached hydrogen (secondary N) is 1. The Morgan fingerprint density at radius 2 is 2.11 bits per heavy atom. The summed E-state index contributed by atoms with van der Waals surface area (Å²) in [5, 5.41) is 5.82. The summed E-state index contributed by atoms with van der Waals surface area (Å²) in [4.78, 5) is 15.6. The molecule has 2 aromatic rings. The molecule has 0 bridgehead atoms. The Kier molecular flexibility index (Phi) is 5.45. The number of amides is 1. The van der Waals surface area contributed by atoms with E-state index in [0.29, 0.717) is 24.0 Å². The Hall–Kier alpha value is -2.49. The smallest absolute Gasteiger partial charge is 0.349 e. The highest BCUT2D eigenvalue weighted by atomic mass is 19.4. The third-order valence-corrected chi connectivity index (χ3v) is 4.34. The molecule has 0 aliphatic heterocycles. The zero-order chi connectivity index (χ0) is 19.6. The standard InChI is InChI=1S/C17H18F4N4O2/c18-14(11-5-12(22)6-11)15(26)23-8-9-2-1-3-10(4-9)16-24-13(25-27-16)7-17(19,20)21/h1-4,11-12,14H,5-8,22H2,(H,23,26). The van der Waals surface area contributed by atoms with Gasteiger partial charge >= 0.3 is 6.18 Å². The van der Waals surface area contributed by atoms with Gasteiger partial charge in [0.15, 0.2) is 12.0 Å². The first-order chi connectivity index (χ1) is 12.7. The van der Waals surface area contributed by atoms with Crippen molar-refractivity contribution in [1.29, 1.82) is 0 Å². The van der Waals surface area contributed by atoms with Crippen molar-refractivity contribution in [3.63, 3.8) is 0 Å². The fourth-order valence-electron chi connectivity index (χ4n) is 2.89. The Morgan fingerprint density at radius 3 is 2.78 bits per heavy atom. The van der Waals surface area contributed by atoms with Crippen LogP contribution in [0.1, 0.15) is 24.2 Å². The minimum absolute atomic E-state index is 0.0469. The molecule has 6 nitrogen and oxygen atoms in total. The van der Waals surface area contributed by atoms with Crippen LogP contribution in [0.2, 0.25) is 0 Å². The monoisotopic (exact) mass is 386 g/mol. The number of rotatable bonds is 6. The number of halogens is 4. The molecule has 146 valence electrons. The summed E-state index contributed by atoms with van der Waals surface area (Å²) in [5.41, 5.74) is 6.62. The molecule has 1 aromatic carbocycles. The highest BCUT2D eigenvalue weighted by molar-refractivity contribution is 5.81. The number of carbonyl (C=O) groups is 1. The number of hydrogen-bond acceptors (Lipinski definition) is 5. The zero-order valence-electron chi connectivity index (χ0n) is 14.2. The summed E-state index contributed by atoms with van der Waals surface area (Å²) in [5.74, 6) is -1.58. The summed E-state index contributed by atoms with van der Waals surface area (Å²) in [6.45, 7) is 0.0649. The molecule has 1 aliphatic rings. The summed E-state index contributed by atoms with van der Waals surface area (Å²) >= 11 is 0. The van der Waals surface area contributed by atoms with Crippen molar-refractivity contribution in [2.24, 2.45) is 11.7 Å². The van der Waals surface area contributed by atoms with E-state index in [9.17, 15) is 22.4 Å². The second-order valence-electron chi connectivity index (χ2n) is 6.62. The van der Waals surface area contributed by atoms with E-state index in [1.165, 1.54) is 0 Å². The SMILES string of the molecule is NC1CC(C(F)C(=O)NCc2cccc(-c3nc(CC(F)(F)F)no3)c2)C1. The van der Waals surface area contributed by atoms with E-state index in [4.69, 9.17) is 10.3 Å². The molecule has 0 saturated heterocycles. The van der Waals surface area contributed by atoms with E-state index in [0.717, 1.165) is 0 Å². The summed E-state index contributed by atoms with van der Waals surface area (Å²) in [7, 11) is 0. The maximum absolute atomic E-state index is 14.0. The van der Waals surface area contributed by atoms with Crippen LogP contribution in [-0.2, 0) is 17.8 Å². The molecule has 1 amide bonds. The quantitative estimate of drug-likeness (QED) is 0.744. The van der Waals surface area contributed by atoms with Gasteiger partial charge in [-0.1, -0.05) is 17.3 Å². The van der Waals surface area contributed by atoms with Gasteiger partial charge in [0.25, 0.3) is 11.8 Å². The third kappa shape index (κ3) is 5.03. The highest BCUT2D eigenvalue weighted by Gasteiger charge is 2.37. The Balaban J connectivity index is 1.60. The van der Waals surface area contributed by atoms with E-state index in [2.05, 4.69) is 15.5 Å². The van der Waals surface area contributed by atoms with Crippen LogP contribution in [0.15, 0.2) is 28.8 Å². The van der Waals surface area contributed by atoms with Gasteiger partial charge in [-0.15, -0.1) is 0 Å². The van der Waals surface area contributed by atoms with Crippen LogP contribution in [0.25, 0.3) is 11.5 Å². The van der Waals surface area contributed by atoms with Crippen molar-refractivity contribution >= 4 is 5.91 Å². The van der Waals surface area contributed by atoms with Gasteiger partial charge < -0.3 is 15.6 Å². The van der Waals surface area contributed by atoms with Crippen LogP contribution in [0.4, 0.5) is 17.6 Å². The number of benzene rings is 1. The predicted octanol–water partition coefficient (Wildman–Crippen LogP) is 2.53. The Bertz CT molecular complexity index is 802. The molecule has 1 heterocycles. The average Bonchev–Trinajstić information content (AvgIpc) is 3.03. The zero-order valence-corrected chi connectivity index (χ0v) is 14.2. The van der Waals surface area contributed by atoms with E-state index in [1.807, 2.05) is 0 Å². The molecule has 1 unspecified atom stereocenters.